The van der Waals surface area contributed by atoms with Gasteiger partial charge in [-0.3, -0.25) is 5.41 Å². The van der Waals surface area contributed by atoms with E-state index >= 15 is 0 Å². The van der Waals surface area contributed by atoms with Crippen molar-refractivity contribution >= 4 is 17.4 Å². The predicted molar refractivity (Wildman–Crippen MR) is 58.6 cm³/mol. The fourth-order valence-electron chi connectivity index (χ4n) is 1.16. The van der Waals surface area contributed by atoms with Gasteiger partial charge in [0.05, 0.1) is 23.6 Å². The highest BCUT2D eigenvalue weighted by Crippen LogP contribution is 2.27. The molecule has 0 heterocycles. The van der Waals surface area contributed by atoms with E-state index in [1.54, 1.807) is 0 Å². The van der Waals surface area contributed by atoms with E-state index in [0.29, 0.717) is 0 Å². The summed E-state index contributed by atoms with van der Waals surface area (Å²) < 4.78 is 40.7. The molecule has 3 nitrogen and oxygen atoms in total. The van der Waals surface area contributed by atoms with Gasteiger partial charge in [0.1, 0.15) is 11.6 Å². The SMILES string of the molecule is N=C(N)c1c(Cl)cccc1OCCC(F)(F)F. The van der Waals surface area contributed by atoms with Gasteiger partial charge in [-0.15, -0.1) is 0 Å². The number of hydrogen-bond donors (Lipinski definition) is 2. The number of nitrogens with one attached hydrogen (secondary N) is 1. The molecule has 0 amide bonds. The Kier molecular flexibility index (Phi) is 4.22. The van der Waals surface area contributed by atoms with Crippen LogP contribution < -0.4 is 10.5 Å². The van der Waals surface area contributed by atoms with Gasteiger partial charge in [0.25, 0.3) is 0 Å². The van der Waals surface area contributed by atoms with Gasteiger partial charge < -0.3 is 10.5 Å². The maximum Gasteiger partial charge on any atom is 0.392 e. The third-order valence-electron chi connectivity index (χ3n) is 1.89. The second kappa shape index (κ2) is 5.27. The fourth-order valence-corrected chi connectivity index (χ4v) is 1.43. The summed E-state index contributed by atoms with van der Waals surface area (Å²) >= 11 is 5.77. The van der Waals surface area contributed by atoms with E-state index in [0.717, 1.165) is 0 Å². The summed E-state index contributed by atoms with van der Waals surface area (Å²) in [5, 5.41) is 7.44. The van der Waals surface area contributed by atoms with Crippen LogP contribution in [0.15, 0.2) is 18.2 Å². The zero-order chi connectivity index (χ0) is 13.1. The Balaban J connectivity index is 2.78. The van der Waals surface area contributed by atoms with Gasteiger partial charge in [-0.2, -0.15) is 13.2 Å². The highest BCUT2D eigenvalue weighted by atomic mass is 35.5. The number of hydrogen-bond acceptors (Lipinski definition) is 2. The molecule has 0 bridgehead atoms. The quantitative estimate of drug-likeness (QED) is 0.650. The minimum Gasteiger partial charge on any atom is -0.492 e. The van der Waals surface area contributed by atoms with Crippen LogP contribution >= 0.6 is 11.6 Å². The number of halogens is 4. The molecule has 0 saturated heterocycles. The second-order valence-electron chi connectivity index (χ2n) is 3.24. The van der Waals surface area contributed by atoms with Gasteiger partial charge in [0, 0.05) is 0 Å². The van der Waals surface area contributed by atoms with Crippen molar-refractivity contribution < 1.29 is 17.9 Å². The van der Waals surface area contributed by atoms with E-state index in [1.165, 1.54) is 18.2 Å². The lowest BCUT2D eigenvalue weighted by molar-refractivity contribution is -0.139. The second-order valence-corrected chi connectivity index (χ2v) is 3.65. The zero-order valence-electron chi connectivity index (χ0n) is 8.64. The first-order chi connectivity index (χ1) is 7.81. The maximum absolute atomic E-state index is 11.9. The lowest BCUT2D eigenvalue weighted by Gasteiger charge is -2.12. The van der Waals surface area contributed by atoms with Gasteiger partial charge >= 0.3 is 6.18 Å². The van der Waals surface area contributed by atoms with Gasteiger partial charge in [-0.1, -0.05) is 17.7 Å². The molecular weight excluding hydrogens is 257 g/mol. The van der Waals surface area contributed by atoms with Crippen LogP contribution in [0, 0.1) is 5.41 Å². The number of nitrogen functional groups attached to an aromatic ring is 1. The van der Waals surface area contributed by atoms with E-state index in [-0.39, 0.29) is 22.2 Å². The number of ether oxygens (including phenoxy) is 1. The molecule has 0 saturated carbocycles. The van der Waals surface area contributed by atoms with Gasteiger partial charge in [0.15, 0.2) is 0 Å². The molecule has 1 aromatic rings. The highest BCUT2D eigenvalue weighted by Gasteiger charge is 2.27. The number of benzene rings is 1. The van der Waals surface area contributed by atoms with E-state index < -0.39 is 19.2 Å². The molecule has 0 aromatic heterocycles. The van der Waals surface area contributed by atoms with Crippen molar-refractivity contribution in [2.45, 2.75) is 12.6 Å². The number of rotatable bonds is 4. The fraction of sp³-hybridized carbons (Fsp3) is 0.300. The highest BCUT2D eigenvalue weighted by molar-refractivity contribution is 6.34. The lowest BCUT2D eigenvalue weighted by atomic mass is 10.2. The van der Waals surface area contributed by atoms with Crippen LogP contribution in [-0.4, -0.2) is 18.6 Å². The summed E-state index contributed by atoms with van der Waals surface area (Å²) in [5.74, 6) is -0.271. The van der Waals surface area contributed by atoms with E-state index in [2.05, 4.69) is 0 Å². The molecule has 17 heavy (non-hydrogen) atoms. The Morgan fingerprint density at radius 2 is 2.06 bits per heavy atom. The molecule has 0 radical (unpaired) electrons. The average Bonchev–Trinajstić information content (AvgIpc) is 2.14. The van der Waals surface area contributed by atoms with Crippen molar-refractivity contribution in [2.24, 2.45) is 5.73 Å². The van der Waals surface area contributed by atoms with Crippen LogP contribution in [0.5, 0.6) is 5.75 Å². The van der Waals surface area contributed by atoms with Crippen LogP contribution in [-0.2, 0) is 0 Å². The molecule has 1 rings (SSSR count). The number of nitrogens with two attached hydrogens (primary N) is 1. The summed E-state index contributed by atoms with van der Waals surface area (Å²) in [4.78, 5) is 0. The van der Waals surface area contributed by atoms with E-state index in [1.807, 2.05) is 0 Å². The van der Waals surface area contributed by atoms with Crippen LogP contribution in [0.2, 0.25) is 5.02 Å². The van der Waals surface area contributed by atoms with Crippen LogP contribution in [0.3, 0.4) is 0 Å². The monoisotopic (exact) mass is 266 g/mol. The molecule has 0 aliphatic heterocycles. The first kappa shape index (κ1) is 13.6. The topological polar surface area (TPSA) is 59.1 Å². The Hall–Kier alpha value is -1.43. The Bertz CT molecular complexity index is 421. The van der Waals surface area contributed by atoms with Gasteiger partial charge in [0.2, 0.25) is 0 Å². The van der Waals surface area contributed by atoms with Crippen molar-refractivity contribution in [3.05, 3.63) is 28.8 Å². The summed E-state index contributed by atoms with van der Waals surface area (Å²) in [7, 11) is 0. The van der Waals surface area contributed by atoms with E-state index in [4.69, 9.17) is 27.5 Å². The van der Waals surface area contributed by atoms with Crippen molar-refractivity contribution in [3.63, 3.8) is 0 Å². The van der Waals surface area contributed by atoms with Gasteiger partial charge in [-0.25, -0.2) is 0 Å². The van der Waals surface area contributed by atoms with Crippen LogP contribution in [0.25, 0.3) is 0 Å². The van der Waals surface area contributed by atoms with E-state index in [9.17, 15) is 13.2 Å². The summed E-state index contributed by atoms with van der Waals surface area (Å²) in [5.41, 5.74) is 5.38. The molecule has 0 fully saturated rings. The third-order valence-corrected chi connectivity index (χ3v) is 2.20. The third kappa shape index (κ3) is 4.14. The minimum absolute atomic E-state index is 0.0780. The minimum atomic E-state index is -4.28. The molecule has 0 unspecified atom stereocenters. The normalized spacial score (nSPS) is 11.3. The summed E-state index contributed by atoms with van der Waals surface area (Å²) in [6, 6.07) is 4.41. The number of amidine groups is 1. The molecule has 94 valence electrons. The van der Waals surface area contributed by atoms with Crippen molar-refractivity contribution in [1.29, 1.82) is 5.41 Å². The maximum atomic E-state index is 11.9. The van der Waals surface area contributed by atoms with Gasteiger partial charge in [-0.05, 0) is 12.1 Å². The largest absolute Gasteiger partial charge is 0.492 e. The Morgan fingerprint density at radius 1 is 1.41 bits per heavy atom. The average molecular weight is 267 g/mol. The van der Waals surface area contributed by atoms with Crippen molar-refractivity contribution in [2.75, 3.05) is 6.61 Å². The molecular formula is C10H10ClF3N2O. The molecule has 0 atom stereocenters. The molecule has 0 aliphatic carbocycles. The smallest absolute Gasteiger partial charge is 0.392 e. The Morgan fingerprint density at radius 3 is 2.59 bits per heavy atom. The van der Waals surface area contributed by atoms with Crippen molar-refractivity contribution in [1.82, 2.24) is 0 Å². The van der Waals surface area contributed by atoms with Crippen LogP contribution in [0.4, 0.5) is 13.2 Å². The molecule has 0 aliphatic rings. The molecule has 1 aromatic carbocycles. The Labute approximate surface area is 101 Å². The number of alkyl halides is 3. The zero-order valence-corrected chi connectivity index (χ0v) is 9.40. The summed E-state index contributed by atoms with van der Waals surface area (Å²) in [6.07, 6.45) is -5.36. The summed E-state index contributed by atoms with van der Waals surface area (Å²) in [6.45, 7) is -0.538. The van der Waals surface area contributed by atoms with Crippen molar-refractivity contribution in [3.8, 4) is 5.75 Å². The molecule has 3 N–H and O–H groups in total. The molecule has 0 spiro atoms. The predicted octanol–water partition coefficient (Wildman–Crippen LogP) is 2.96. The first-order valence-electron chi connectivity index (χ1n) is 4.63. The lowest BCUT2D eigenvalue weighted by Crippen LogP contribution is -2.16. The first-order valence-corrected chi connectivity index (χ1v) is 5.01. The van der Waals surface area contributed by atoms with Crippen LogP contribution in [0.1, 0.15) is 12.0 Å². The standard InChI is InChI=1S/C10H10ClF3N2O/c11-6-2-1-3-7(8(6)9(15)16)17-5-4-10(12,13)14/h1-3H,4-5H2,(H3,15,16). The molecule has 7 heteroatoms.